The molecule has 1 aliphatic heterocycles. The van der Waals surface area contributed by atoms with Crippen molar-refractivity contribution < 1.29 is 27.4 Å². The van der Waals surface area contributed by atoms with Crippen LogP contribution in [0.2, 0.25) is 0 Å². The van der Waals surface area contributed by atoms with Crippen LogP contribution in [-0.4, -0.2) is 21.8 Å². The number of rotatable bonds is 2. The Balaban J connectivity index is 1.76. The van der Waals surface area contributed by atoms with Crippen LogP contribution < -0.4 is 14.2 Å². The van der Waals surface area contributed by atoms with Gasteiger partial charge in [-0.15, -0.1) is 0 Å². The molecule has 0 radical (unpaired) electrons. The number of alkyl halides is 6. The zero-order valence-electron chi connectivity index (χ0n) is 14.8. The van der Waals surface area contributed by atoms with E-state index in [4.69, 9.17) is 49.0 Å². The Bertz CT molecular complexity index is 1100. The Labute approximate surface area is 183 Å². The fourth-order valence-electron chi connectivity index (χ4n) is 2.78. The molecular weight excluding hydrogens is 466 g/mol. The molecule has 30 heavy (non-hydrogen) atoms. The van der Waals surface area contributed by atoms with Crippen molar-refractivity contribution in [2.24, 2.45) is 4.99 Å². The molecule has 0 amide bonds. The standard InChI is InChI=1S/C20H11Cl3F3NO3/c21-19(22,23)20(29-15-7-3-4-8-16(15)30-20)27-17(18(24,25)26)28-14-10-9-12-5-1-2-6-13(12)11-14/h1-11H. The summed E-state index contributed by atoms with van der Waals surface area (Å²) in [7, 11) is 0. The van der Waals surface area contributed by atoms with Gasteiger partial charge in [0.05, 0.1) is 0 Å². The van der Waals surface area contributed by atoms with Crippen LogP contribution in [0.15, 0.2) is 71.7 Å². The van der Waals surface area contributed by atoms with Crippen molar-refractivity contribution in [2.45, 2.75) is 15.9 Å². The van der Waals surface area contributed by atoms with E-state index in [-0.39, 0.29) is 17.2 Å². The monoisotopic (exact) mass is 475 g/mol. The van der Waals surface area contributed by atoms with Crippen LogP contribution in [-0.2, 0) is 0 Å². The number of ether oxygens (including phenoxy) is 3. The van der Waals surface area contributed by atoms with Crippen LogP contribution in [0.5, 0.6) is 17.2 Å². The smallest absolute Gasteiger partial charge is 0.435 e. The van der Waals surface area contributed by atoms with Gasteiger partial charge in [0.2, 0.25) is 0 Å². The molecule has 3 aromatic rings. The first-order valence-corrected chi connectivity index (χ1v) is 9.58. The minimum Gasteiger partial charge on any atom is -0.435 e. The van der Waals surface area contributed by atoms with E-state index in [0.29, 0.717) is 5.39 Å². The van der Waals surface area contributed by atoms with E-state index in [1.165, 1.54) is 24.3 Å². The maximum Gasteiger partial charge on any atom is 0.468 e. The number of hydrogen-bond acceptors (Lipinski definition) is 4. The van der Waals surface area contributed by atoms with Gasteiger partial charge >= 0.3 is 18.0 Å². The first kappa shape index (κ1) is 20.9. The van der Waals surface area contributed by atoms with Gasteiger partial charge in [0.15, 0.2) is 11.5 Å². The number of benzene rings is 3. The van der Waals surface area contributed by atoms with E-state index >= 15 is 0 Å². The normalized spacial score (nSPS) is 16.0. The number of para-hydroxylation sites is 2. The molecule has 0 atom stereocenters. The van der Waals surface area contributed by atoms with Gasteiger partial charge in [0, 0.05) is 0 Å². The second-order valence-corrected chi connectivity index (χ2v) is 8.54. The summed E-state index contributed by atoms with van der Waals surface area (Å²) in [5.74, 6) is -4.31. The summed E-state index contributed by atoms with van der Waals surface area (Å²) in [6.07, 6.45) is -5.03. The van der Waals surface area contributed by atoms with E-state index in [0.717, 1.165) is 5.39 Å². The number of hydrogen-bond donors (Lipinski definition) is 0. The minimum absolute atomic E-state index is 0.0693. The third kappa shape index (κ3) is 3.97. The van der Waals surface area contributed by atoms with Gasteiger partial charge < -0.3 is 14.2 Å². The van der Waals surface area contributed by atoms with Crippen LogP contribution in [0.25, 0.3) is 10.8 Å². The second-order valence-electron chi connectivity index (χ2n) is 6.26. The molecule has 0 saturated heterocycles. The van der Waals surface area contributed by atoms with E-state index in [1.807, 2.05) is 12.1 Å². The second kappa shape index (κ2) is 7.41. The quantitative estimate of drug-likeness (QED) is 0.235. The SMILES string of the molecule is FC(F)(F)C(=NC1(C(Cl)(Cl)Cl)Oc2ccccc2O1)Oc1ccc2ccccc2c1. The molecule has 0 spiro atoms. The van der Waals surface area contributed by atoms with E-state index < -0.39 is 21.8 Å². The molecule has 0 unspecified atom stereocenters. The van der Waals surface area contributed by atoms with Crippen LogP contribution in [0, 0.1) is 0 Å². The van der Waals surface area contributed by atoms with Crippen LogP contribution >= 0.6 is 34.8 Å². The highest BCUT2D eigenvalue weighted by Gasteiger charge is 2.60. The van der Waals surface area contributed by atoms with Gasteiger partial charge in [-0.1, -0.05) is 77.3 Å². The third-order valence-electron chi connectivity index (χ3n) is 4.13. The van der Waals surface area contributed by atoms with Gasteiger partial charge in [-0.2, -0.15) is 18.2 Å². The molecule has 4 rings (SSSR count). The Morgan fingerprint density at radius 2 is 1.40 bits per heavy atom. The Morgan fingerprint density at radius 3 is 1.97 bits per heavy atom. The van der Waals surface area contributed by atoms with E-state index in [1.54, 1.807) is 30.3 Å². The molecule has 0 bridgehead atoms. The van der Waals surface area contributed by atoms with Crippen LogP contribution in [0.3, 0.4) is 0 Å². The van der Waals surface area contributed by atoms with Crippen LogP contribution in [0.4, 0.5) is 13.2 Å². The molecule has 0 saturated carbocycles. The summed E-state index contributed by atoms with van der Waals surface area (Å²) >= 11 is 17.7. The molecule has 3 aromatic carbocycles. The minimum atomic E-state index is -5.03. The molecule has 1 aliphatic rings. The summed E-state index contributed by atoms with van der Waals surface area (Å²) in [6, 6.07) is 17.6. The predicted octanol–water partition coefficient (Wildman–Crippen LogP) is 6.67. The van der Waals surface area contributed by atoms with Crippen molar-refractivity contribution in [3.05, 3.63) is 66.7 Å². The highest BCUT2D eigenvalue weighted by Crippen LogP contribution is 2.51. The van der Waals surface area contributed by atoms with Crippen molar-refractivity contribution in [3.8, 4) is 17.2 Å². The van der Waals surface area contributed by atoms with Crippen molar-refractivity contribution in [1.29, 1.82) is 0 Å². The summed E-state index contributed by atoms with van der Waals surface area (Å²) in [5.41, 5.74) is 0. The Morgan fingerprint density at radius 1 is 0.833 bits per heavy atom. The largest absolute Gasteiger partial charge is 0.468 e. The predicted molar refractivity (Wildman–Crippen MR) is 109 cm³/mol. The highest BCUT2D eigenvalue weighted by molar-refractivity contribution is 6.68. The van der Waals surface area contributed by atoms with Crippen LogP contribution in [0.1, 0.15) is 0 Å². The lowest BCUT2D eigenvalue weighted by atomic mass is 10.1. The van der Waals surface area contributed by atoms with Crippen molar-refractivity contribution in [3.63, 3.8) is 0 Å². The lowest BCUT2D eigenvalue weighted by Gasteiger charge is -2.30. The molecule has 0 N–H and O–H groups in total. The Hall–Kier alpha value is -2.35. The average Bonchev–Trinajstić information content (AvgIpc) is 3.06. The molecule has 1 heterocycles. The first-order valence-electron chi connectivity index (χ1n) is 8.45. The maximum atomic E-state index is 13.8. The number of fused-ring (bicyclic) bond motifs is 2. The number of nitrogens with zero attached hydrogens (tertiary/aromatic N) is 1. The topological polar surface area (TPSA) is 40.0 Å². The third-order valence-corrected chi connectivity index (χ3v) is 4.85. The van der Waals surface area contributed by atoms with Gasteiger partial charge in [0.1, 0.15) is 5.75 Å². The lowest BCUT2D eigenvalue weighted by molar-refractivity contribution is -0.0911. The van der Waals surface area contributed by atoms with Gasteiger partial charge in [-0.25, -0.2) is 0 Å². The number of halogens is 6. The lowest BCUT2D eigenvalue weighted by Crippen LogP contribution is -2.51. The summed E-state index contributed by atoms with van der Waals surface area (Å²) in [6.45, 7) is 0. The Kier molecular flexibility index (Phi) is 5.16. The van der Waals surface area contributed by atoms with Crippen molar-refractivity contribution >= 4 is 51.5 Å². The molecule has 0 fully saturated rings. The average molecular weight is 477 g/mol. The van der Waals surface area contributed by atoms with Gasteiger partial charge in [-0.3, -0.25) is 0 Å². The zero-order valence-corrected chi connectivity index (χ0v) is 17.1. The van der Waals surface area contributed by atoms with Crippen molar-refractivity contribution in [1.82, 2.24) is 0 Å². The van der Waals surface area contributed by atoms with E-state index in [2.05, 4.69) is 4.99 Å². The fraction of sp³-hybridized carbons (Fsp3) is 0.150. The van der Waals surface area contributed by atoms with Gasteiger partial charge in [0.25, 0.3) is 3.79 Å². The molecule has 0 aliphatic carbocycles. The first-order chi connectivity index (χ1) is 14.1. The summed E-state index contributed by atoms with van der Waals surface area (Å²) < 4.78 is 54.6. The maximum absolute atomic E-state index is 13.8. The fourth-order valence-corrected chi connectivity index (χ4v) is 3.14. The summed E-state index contributed by atoms with van der Waals surface area (Å²) in [5, 5.41) is 1.50. The molecular formula is C20H11Cl3F3NO3. The van der Waals surface area contributed by atoms with Crippen molar-refractivity contribution in [2.75, 3.05) is 0 Å². The van der Waals surface area contributed by atoms with E-state index in [9.17, 15) is 13.2 Å². The zero-order chi connectivity index (χ0) is 21.6. The molecule has 156 valence electrons. The molecule has 10 heteroatoms. The van der Waals surface area contributed by atoms with Gasteiger partial charge in [-0.05, 0) is 35.0 Å². The molecule has 0 aromatic heterocycles. The summed E-state index contributed by atoms with van der Waals surface area (Å²) in [4.78, 5) is 3.47. The number of aliphatic imine (C=N–C) groups is 1. The highest BCUT2D eigenvalue weighted by atomic mass is 35.6. The molecule has 4 nitrogen and oxygen atoms in total.